The molecule has 0 aliphatic heterocycles. The molecule has 1 atom stereocenters. The van der Waals surface area contributed by atoms with E-state index in [1.807, 2.05) is 0 Å². The van der Waals surface area contributed by atoms with Crippen LogP contribution in [0, 0.1) is 11.9 Å². The van der Waals surface area contributed by atoms with Gasteiger partial charge in [0.05, 0.1) is 0 Å². The fourth-order valence-electron chi connectivity index (χ4n) is 1.74. The minimum Gasteiger partial charge on any atom is -0.300 e. The van der Waals surface area contributed by atoms with Crippen LogP contribution in [0.2, 0.25) is 0 Å². The number of rotatable bonds is 6. The molecule has 1 rings (SSSR count). The van der Waals surface area contributed by atoms with Crippen LogP contribution in [-0.4, -0.2) is 10.8 Å². The van der Waals surface area contributed by atoms with Crippen molar-refractivity contribution in [2.45, 2.75) is 39.5 Å². The molecule has 0 bridgehead atoms. The zero-order valence-electron chi connectivity index (χ0n) is 9.87. The van der Waals surface area contributed by atoms with E-state index < -0.39 is 5.95 Å². The summed E-state index contributed by atoms with van der Waals surface area (Å²) in [7, 11) is 0. The van der Waals surface area contributed by atoms with Gasteiger partial charge in [-0.1, -0.05) is 25.8 Å². The van der Waals surface area contributed by atoms with Gasteiger partial charge >= 0.3 is 0 Å². The first-order valence-corrected chi connectivity index (χ1v) is 5.75. The summed E-state index contributed by atoms with van der Waals surface area (Å²) >= 11 is 0. The van der Waals surface area contributed by atoms with Crippen molar-refractivity contribution in [3.8, 4) is 0 Å². The Balaban J connectivity index is 2.68. The van der Waals surface area contributed by atoms with Gasteiger partial charge in [-0.3, -0.25) is 4.79 Å². The third-order valence-electron chi connectivity index (χ3n) is 2.78. The highest BCUT2D eigenvalue weighted by atomic mass is 19.1. The molecule has 0 radical (unpaired) electrons. The van der Waals surface area contributed by atoms with Crippen molar-refractivity contribution in [1.82, 2.24) is 4.98 Å². The third-order valence-corrected chi connectivity index (χ3v) is 2.78. The van der Waals surface area contributed by atoms with Gasteiger partial charge < -0.3 is 0 Å². The van der Waals surface area contributed by atoms with E-state index in [9.17, 15) is 9.18 Å². The summed E-state index contributed by atoms with van der Waals surface area (Å²) in [6.45, 7) is 3.66. The second-order valence-electron chi connectivity index (χ2n) is 4.11. The summed E-state index contributed by atoms with van der Waals surface area (Å²) in [5.74, 6) is -0.388. The van der Waals surface area contributed by atoms with E-state index >= 15 is 0 Å². The highest BCUT2D eigenvalue weighted by Crippen LogP contribution is 2.17. The lowest BCUT2D eigenvalue weighted by Gasteiger charge is -2.13. The molecule has 1 aromatic heterocycles. The summed E-state index contributed by atoms with van der Waals surface area (Å²) < 4.78 is 13.3. The van der Waals surface area contributed by atoms with Crippen molar-refractivity contribution in [2.24, 2.45) is 5.92 Å². The van der Waals surface area contributed by atoms with E-state index in [1.165, 1.54) is 6.20 Å². The third kappa shape index (κ3) is 3.72. The minimum atomic E-state index is -0.453. The van der Waals surface area contributed by atoms with Gasteiger partial charge in [0.1, 0.15) is 5.78 Å². The highest BCUT2D eigenvalue weighted by molar-refractivity contribution is 5.78. The molecule has 2 nitrogen and oxygen atoms in total. The van der Waals surface area contributed by atoms with Gasteiger partial charge in [-0.05, 0) is 25.8 Å². The number of nitrogens with zero attached hydrogens (tertiary/aromatic N) is 1. The number of hydrogen-bond acceptors (Lipinski definition) is 2. The number of ketones is 1. The Morgan fingerprint density at radius 1 is 1.56 bits per heavy atom. The van der Waals surface area contributed by atoms with E-state index in [2.05, 4.69) is 11.9 Å². The molecule has 1 aromatic rings. The molecule has 0 saturated carbocycles. The molecule has 3 heteroatoms. The molecule has 88 valence electrons. The zero-order chi connectivity index (χ0) is 12.0. The number of aromatic nitrogens is 1. The van der Waals surface area contributed by atoms with E-state index in [0.29, 0.717) is 12.0 Å². The van der Waals surface area contributed by atoms with Gasteiger partial charge in [-0.15, -0.1) is 0 Å². The first-order chi connectivity index (χ1) is 7.65. The molecule has 0 fully saturated rings. The largest absolute Gasteiger partial charge is 0.300 e. The van der Waals surface area contributed by atoms with Gasteiger partial charge in [-0.25, -0.2) is 4.98 Å². The van der Waals surface area contributed by atoms with Crippen molar-refractivity contribution < 1.29 is 9.18 Å². The maximum absolute atomic E-state index is 13.3. The number of pyridine rings is 1. The summed E-state index contributed by atoms with van der Waals surface area (Å²) in [6.07, 6.45) is 4.79. The Morgan fingerprint density at radius 3 is 2.88 bits per heavy atom. The van der Waals surface area contributed by atoms with E-state index in [4.69, 9.17) is 0 Å². The summed E-state index contributed by atoms with van der Waals surface area (Å²) in [6, 6.07) is 3.40. The highest BCUT2D eigenvalue weighted by Gasteiger charge is 2.16. The Labute approximate surface area is 95.9 Å². The molecular weight excluding hydrogens is 205 g/mol. The molecule has 0 aliphatic rings. The Bertz CT molecular complexity index is 352. The number of halogens is 1. The average Bonchev–Trinajstić information content (AvgIpc) is 2.26. The second kappa shape index (κ2) is 6.36. The van der Waals surface area contributed by atoms with Crippen molar-refractivity contribution in [2.75, 3.05) is 0 Å². The van der Waals surface area contributed by atoms with Crippen LogP contribution in [0.15, 0.2) is 18.3 Å². The molecule has 0 saturated heterocycles. The average molecular weight is 223 g/mol. The predicted octanol–water partition coefficient (Wildman–Crippen LogP) is 3.16. The van der Waals surface area contributed by atoms with Crippen molar-refractivity contribution in [1.29, 1.82) is 0 Å². The molecule has 0 aromatic carbocycles. The van der Waals surface area contributed by atoms with Crippen LogP contribution in [0.4, 0.5) is 4.39 Å². The maximum Gasteiger partial charge on any atom is 0.216 e. The normalized spacial score (nSPS) is 12.4. The molecule has 0 aliphatic carbocycles. The molecule has 0 amide bonds. The lowest BCUT2D eigenvalue weighted by atomic mass is 9.91. The molecule has 1 unspecified atom stereocenters. The number of hydrogen-bond donors (Lipinski definition) is 0. The minimum absolute atomic E-state index is 0.0707. The van der Waals surface area contributed by atoms with E-state index in [1.54, 1.807) is 19.1 Å². The smallest absolute Gasteiger partial charge is 0.216 e. The van der Waals surface area contributed by atoms with Gasteiger partial charge in [0.2, 0.25) is 5.95 Å². The number of carbonyl (C=O) groups is 1. The first kappa shape index (κ1) is 12.8. The van der Waals surface area contributed by atoms with Crippen molar-refractivity contribution in [3.63, 3.8) is 0 Å². The van der Waals surface area contributed by atoms with E-state index in [0.717, 1.165) is 19.3 Å². The van der Waals surface area contributed by atoms with Crippen LogP contribution in [0.25, 0.3) is 0 Å². The SMILES string of the molecule is CCCCC(Cc1cccnc1F)C(C)=O. The standard InChI is InChI=1S/C13H18FNO/c1-3-4-6-11(10(2)16)9-12-7-5-8-15-13(12)14/h5,7-8,11H,3-4,6,9H2,1-2H3. The lowest BCUT2D eigenvalue weighted by molar-refractivity contribution is -0.120. The summed E-state index contributed by atoms with van der Waals surface area (Å²) in [5, 5.41) is 0. The van der Waals surface area contributed by atoms with Crippen LogP contribution in [0.5, 0.6) is 0 Å². The monoisotopic (exact) mass is 223 g/mol. The van der Waals surface area contributed by atoms with Gasteiger partial charge in [-0.2, -0.15) is 4.39 Å². The van der Waals surface area contributed by atoms with Gasteiger partial charge in [0.15, 0.2) is 0 Å². The topological polar surface area (TPSA) is 30.0 Å². The van der Waals surface area contributed by atoms with Gasteiger partial charge in [0, 0.05) is 17.7 Å². The van der Waals surface area contributed by atoms with Crippen LogP contribution >= 0.6 is 0 Å². The van der Waals surface area contributed by atoms with Crippen LogP contribution in [-0.2, 0) is 11.2 Å². The summed E-state index contributed by atoms with van der Waals surface area (Å²) in [5.41, 5.74) is 0.541. The zero-order valence-corrected chi connectivity index (χ0v) is 9.87. The Morgan fingerprint density at radius 2 is 2.31 bits per heavy atom. The van der Waals surface area contributed by atoms with Gasteiger partial charge in [0.25, 0.3) is 0 Å². The van der Waals surface area contributed by atoms with Crippen LogP contribution < -0.4 is 0 Å². The van der Waals surface area contributed by atoms with Crippen LogP contribution in [0.1, 0.15) is 38.7 Å². The van der Waals surface area contributed by atoms with E-state index in [-0.39, 0.29) is 11.7 Å². The second-order valence-corrected chi connectivity index (χ2v) is 4.11. The lowest BCUT2D eigenvalue weighted by Crippen LogP contribution is -2.15. The van der Waals surface area contributed by atoms with Crippen LogP contribution in [0.3, 0.4) is 0 Å². The number of unbranched alkanes of at least 4 members (excludes halogenated alkanes) is 1. The molecule has 1 heterocycles. The molecule has 16 heavy (non-hydrogen) atoms. The quantitative estimate of drug-likeness (QED) is 0.693. The predicted molar refractivity (Wildman–Crippen MR) is 61.6 cm³/mol. The Hall–Kier alpha value is -1.25. The number of carbonyl (C=O) groups excluding carboxylic acids is 1. The fourth-order valence-corrected chi connectivity index (χ4v) is 1.74. The van der Waals surface area contributed by atoms with Crippen molar-refractivity contribution >= 4 is 5.78 Å². The molecule has 0 spiro atoms. The maximum atomic E-state index is 13.3. The van der Waals surface area contributed by atoms with Crippen molar-refractivity contribution in [3.05, 3.63) is 29.8 Å². The summed E-state index contributed by atoms with van der Waals surface area (Å²) in [4.78, 5) is 15.0. The molecule has 0 N–H and O–H groups in total. The molecular formula is C13H18FNO. The fraction of sp³-hybridized carbons (Fsp3) is 0.538. The number of Topliss-reactive ketones (excluding diaryl/α,β-unsaturated/α-hetero) is 1. The Kier molecular flexibility index (Phi) is 5.09. The first-order valence-electron chi connectivity index (χ1n) is 5.75.